The van der Waals surface area contributed by atoms with Gasteiger partial charge in [-0.3, -0.25) is 4.79 Å². The van der Waals surface area contributed by atoms with E-state index < -0.39 is 0 Å². The quantitative estimate of drug-likeness (QED) is 0.802. The summed E-state index contributed by atoms with van der Waals surface area (Å²) in [4.78, 5) is 11.1. The Morgan fingerprint density at radius 2 is 2.00 bits per heavy atom. The Bertz CT molecular complexity index is 441. The van der Waals surface area contributed by atoms with E-state index >= 15 is 0 Å². The molecule has 0 fully saturated rings. The van der Waals surface area contributed by atoms with E-state index in [0.29, 0.717) is 12.5 Å². The van der Waals surface area contributed by atoms with Gasteiger partial charge in [0.2, 0.25) is 0 Å². The van der Waals surface area contributed by atoms with Gasteiger partial charge in [-0.1, -0.05) is 19.9 Å². The van der Waals surface area contributed by atoms with E-state index in [0.717, 1.165) is 11.3 Å². The minimum atomic E-state index is -0.254. The number of aryl methyl sites for hydroxylation is 1. The van der Waals surface area contributed by atoms with E-state index in [9.17, 15) is 4.79 Å². The highest BCUT2D eigenvalue weighted by Crippen LogP contribution is 2.29. The number of rotatable bonds is 6. The van der Waals surface area contributed by atoms with Crippen LogP contribution in [0.4, 0.5) is 0 Å². The molecule has 0 aliphatic heterocycles. The summed E-state index contributed by atoms with van der Waals surface area (Å²) in [6.45, 7) is 7.18. The predicted octanol–water partition coefficient (Wildman–Crippen LogP) is 2.39. The number of carbonyl (C=O) groups excluding carboxylic acids is 1. The maximum absolute atomic E-state index is 11.1. The number of hydrogen-bond acceptors (Lipinski definition) is 4. The van der Waals surface area contributed by atoms with Crippen LogP contribution in [0, 0.1) is 6.92 Å². The van der Waals surface area contributed by atoms with Crippen LogP contribution in [0.3, 0.4) is 0 Å². The van der Waals surface area contributed by atoms with Crippen molar-refractivity contribution in [3.05, 3.63) is 28.8 Å². The van der Waals surface area contributed by atoms with Gasteiger partial charge < -0.3 is 14.8 Å². The van der Waals surface area contributed by atoms with Crippen LogP contribution in [0.25, 0.3) is 0 Å². The molecule has 0 heterocycles. The Labute approximate surface area is 115 Å². The van der Waals surface area contributed by atoms with E-state index in [1.54, 1.807) is 7.11 Å². The Hall–Kier alpha value is -1.55. The smallest absolute Gasteiger partial charge is 0.319 e. The van der Waals surface area contributed by atoms with Gasteiger partial charge in [-0.25, -0.2) is 0 Å². The van der Waals surface area contributed by atoms with Crippen molar-refractivity contribution in [2.45, 2.75) is 33.2 Å². The van der Waals surface area contributed by atoms with E-state index in [1.807, 2.05) is 13.0 Å². The maximum Gasteiger partial charge on any atom is 0.319 e. The molecule has 106 valence electrons. The molecule has 4 nitrogen and oxygen atoms in total. The van der Waals surface area contributed by atoms with Crippen LogP contribution >= 0.6 is 0 Å². The minimum Gasteiger partial charge on any atom is -0.496 e. The molecule has 0 bridgehead atoms. The Kier molecular flexibility index (Phi) is 5.83. The molecular formula is C15H23NO3. The topological polar surface area (TPSA) is 47.6 Å². The Morgan fingerprint density at radius 1 is 1.32 bits per heavy atom. The van der Waals surface area contributed by atoms with Crippen LogP contribution in [0.5, 0.6) is 5.75 Å². The fourth-order valence-electron chi connectivity index (χ4n) is 1.94. The van der Waals surface area contributed by atoms with E-state index in [4.69, 9.17) is 4.74 Å². The molecule has 0 aliphatic carbocycles. The molecule has 0 atom stereocenters. The molecular weight excluding hydrogens is 242 g/mol. The molecule has 1 rings (SSSR count). The molecule has 1 aromatic rings. The molecule has 0 aromatic heterocycles. The van der Waals surface area contributed by atoms with Gasteiger partial charge in [0.15, 0.2) is 0 Å². The number of hydrogen-bond donors (Lipinski definition) is 1. The molecule has 1 aromatic carbocycles. The standard InChI is InChI=1S/C15H23NO3/c1-10(2)13-7-12(8-16-9-15(17)19-5)11(3)6-14(13)18-4/h6-7,10,16H,8-9H2,1-5H3. The van der Waals surface area contributed by atoms with Gasteiger partial charge in [-0.15, -0.1) is 0 Å². The van der Waals surface area contributed by atoms with Crippen molar-refractivity contribution in [2.75, 3.05) is 20.8 Å². The van der Waals surface area contributed by atoms with Gasteiger partial charge in [0.05, 0.1) is 20.8 Å². The molecule has 0 saturated heterocycles. The second-order valence-electron chi connectivity index (χ2n) is 4.86. The first-order chi connectivity index (χ1) is 8.99. The van der Waals surface area contributed by atoms with E-state index in [1.165, 1.54) is 18.2 Å². The van der Waals surface area contributed by atoms with Gasteiger partial charge >= 0.3 is 5.97 Å². The van der Waals surface area contributed by atoms with Crippen LogP contribution in [0.1, 0.15) is 36.5 Å². The van der Waals surface area contributed by atoms with E-state index in [2.05, 4.69) is 30.0 Å². The van der Waals surface area contributed by atoms with Crippen molar-refractivity contribution < 1.29 is 14.3 Å². The minimum absolute atomic E-state index is 0.221. The number of ether oxygens (including phenoxy) is 2. The molecule has 0 saturated carbocycles. The van der Waals surface area contributed by atoms with Crippen LogP contribution in [-0.4, -0.2) is 26.7 Å². The third kappa shape index (κ3) is 4.24. The summed E-state index contributed by atoms with van der Waals surface area (Å²) in [5.41, 5.74) is 3.51. The first kappa shape index (κ1) is 15.5. The first-order valence-electron chi connectivity index (χ1n) is 6.44. The number of methoxy groups -OCH3 is 2. The lowest BCUT2D eigenvalue weighted by molar-refractivity contribution is -0.139. The van der Waals surface area contributed by atoms with Crippen molar-refractivity contribution in [2.24, 2.45) is 0 Å². The van der Waals surface area contributed by atoms with Crippen LogP contribution in [0.2, 0.25) is 0 Å². The highest BCUT2D eigenvalue weighted by Gasteiger charge is 2.11. The number of nitrogens with one attached hydrogen (secondary N) is 1. The second-order valence-corrected chi connectivity index (χ2v) is 4.86. The SMILES string of the molecule is COC(=O)CNCc1cc(C(C)C)c(OC)cc1C. The summed E-state index contributed by atoms with van der Waals surface area (Å²) >= 11 is 0. The monoisotopic (exact) mass is 265 g/mol. The zero-order valence-corrected chi connectivity index (χ0v) is 12.4. The van der Waals surface area contributed by atoms with Gasteiger partial charge in [-0.2, -0.15) is 0 Å². The molecule has 1 N–H and O–H groups in total. The highest BCUT2D eigenvalue weighted by molar-refractivity contribution is 5.71. The summed E-state index contributed by atoms with van der Waals surface area (Å²) in [5.74, 6) is 1.06. The average molecular weight is 265 g/mol. The average Bonchev–Trinajstić information content (AvgIpc) is 2.39. The molecule has 19 heavy (non-hydrogen) atoms. The van der Waals surface area contributed by atoms with Crippen molar-refractivity contribution >= 4 is 5.97 Å². The summed E-state index contributed by atoms with van der Waals surface area (Å²) in [6.07, 6.45) is 0. The largest absolute Gasteiger partial charge is 0.496 e. The third-order valence-electron chi connectivity index (χ3n) is 3.12. The summed E-state index contributed by atoms with van der Waals surface area (Å²) in [7, 11) is 3.08. The molecule has 0 aliphatic rings. The zero-order valence-electron chi connectivity index (χ0n) is 12.4. The maximum atomic E-state index is 11.1. The number of carbonyl (C=O) groups is 1. The lowest BCUT2D eigenvalue weighted by atomic mass is 9.96. The zero-order chi connectivity index (χ0) is 14.4. The van der Waals surface area contributed by atoms with Crippen molar-refractivity contribution in [3.8, 4) is 5.75 Å². The van der Waals surface area contributed by atoms with Gasteiger partial charge in [0, 0.05) is 6.54 Å². The number of esters is 1. The van der Waals surface area contributed by atoms with Crippen LogP contribution in [-0.2, 0) is 16.1 Å². The predicted molar refractivity (Wildman–Crippen MR) is 75.5 cm³/mol. The molecule has 0 amide bonds. The molecule has 4 heteroatoms. The fourth-order valence-corrected chi connectivity index (χ4v) is 1.94. The Morgan fingerprint density at radius 3 is 2.53 bits per heavy atom. The summed E-state index contributed by atoms with van der Waals surface area (Å²) in [5, 5.41) is 3.08. The molecule has 0 unspecified atom stereocenters. The third-order valence-corrected chi connectivity index (χ3v) is 3.12. The summed E-state index contributed by atoms with van der Waals surface area (Å²) in [6, 6.07) is 4.19. The van der Waals surface area contributed by atoms with Crippen LogP contribution < -0.4 is 10.1 Å². The fraction of sp³-hybridized carbons (Fsp3) is 0.533. The van der Waals surface area contributed by atoms with Crippen molar-refractivity contribution in [1.82, 2.24) is 5.32 Å². The lowest BCUT2D eigenvalue weighted by Gasteiger charge is -2.16. The first-order valence-corrected chi connectivity index (χ1v) is 6.44. The number of benzene rings is 1. The van der Waals surface area contributed by atoms with Crippen molar-refractivity contribution in [1.29, 1.82) is 0 Å². The van der Waals surface area contributed by atoms with Gasteiger partial charge in [0.25, 0.3) is 0 Å². The van der Waals surface area contributed by atoms with Crippen molar-refractivity contribution in [3.63, 3.8) is 0 Å². The molecule has 0 spiro atoms. The lowest BCUT2D eigenvalue weighted by Crippen LogP contribution is -2.23. The van der Waals surface area contributed by atoms with Gasteiger partial charge in [-0.05, 0) is 35.6 Å². The normalized spacial score (nSPS) is 10.6. The van der Waals surface area contributed by atoms with Crippen LogP contribution in [0.15, 0.2) is 12.1 Å². The summed E-state index contributed by atoms with van der Waals surface area (Å²) < 4.78 is 10.0. The second kappa shape index (κ2) is 7.14. The molecule has 0 radical (unpaired) electrons. The van der Waals surface area contributed by atoms with Gasteiger partial charge in [0.1, 0.15) is 5.75 Å². The Balaban J connectivity index is 2.83. The van der Waals surface area contributed by atoms with E-state index in [-0.39, 0.29) is 12.5 Å². The highest BCUT2D eigenvalue weighted by atomic mass is 16.5.